The third-order valence-corrected chi connectivity index (χ3v) is 4.65. The zero-order valence-electron chi connectivity index (χ0n) is 14.7. The maximum Gasteiger partial charge on any atom is 0.338 e. The summed E-state index contributed by atoms with van der Waals surface area (Å²) in [5.74, 6) is -1.12. The van der Waals surface area contributed by atoms with Gasteiger partial charge in [0.05, 0.1) is 10.5 Å². The first-order chi connectivity index (χ1) is 12.2. The van der Waals surface area contributed by atoms with E-state index in [0.717, 1.165) is 11.9 Å². The molecular weight excluding hydrogens is 356 g/mol. The summed E-state index contributed by atoms with van der Waals surface area (Å²) in [6.07, 6.45) is 1.10. The number of carbonyl (C=O) groups excluding carboxylic acids is 2. The highest BCUT2D eigenvalue weighted by molar-refractivity contribution is 7.90. The molecule has 0 aliphatic carbocycles. The maximum atomic E-state index is 12.0. The minimum Gasteiger partial charge on any atom is -0.452 e. The van der Waals surface area contributed by atoms with E-state index in [2.05, 4.69) is 5.32 Å². The molecule has 2 rings (SSSR count). The second-order valence-electron chi connectivity index (χ2n) is 5.86. The molecule has 0 aliphatic heterocycles. The number of carbonyl (C=O) groups is 2. The second-order valence-corrected chi connectivity index (χ2v) is 7.88. The van der Waals surface area contributed by atoms with E-state index in [9.17, 15) is 18.0 Å². The molecular formula is C18H20N2O5S. The van der Waals surface area contributed by atoms with Gasteiger partial charge in [-0.1, -0.05) is 0 Å². The third-order valence-electron chi connectivity index (χ3n) is 3.52. The van der Waals surface area contributed by atoms with E-state index in [1.165, 1.54) is 24.3 Å². The van der Waals surface area contributed by atoms with Gasteiger partial charge in [0.15, 0.2) is 16.4 Å². The van der Waals surface area contributed by atoms with Crippen molar-refractivity contribution < 1.29 is 22.7 Å². The Labute approximate surface area is 152 Å². The number of anilines is 2. The number of amides is 1. The van der Waals surface area contributed by atoms with Gasteiger partial charge >= 0.3 is 5.97 Å². The molecule has 7 nitrogen and oxygen atoms in total. The fourth-order valence-corrected chi connectivity index (χ4v) is 2.72. The zero-order chi connectivity index (χ0) is 19.3. The highest BCUT2D eigenvalue weighted by atomic mass is 32.2. The van der Waals surface area contributed by atoms with Crippen molar-refractivity contribution in [2.75, 3.05) is 37.2 Å². The molecule has 0 spiro atoms. The van der Waals surface area contributed by atoms with Crippen LogP contribution in [0.15, 0.2) is 53.4 Å². The molecule has 0 heterocycles. The standard InChI is InChI=1S/C18H20N2O5S/c1-20(2)15-8-4-13(5-9-15)18(22)25-12-17(21)19-14-6-10-16(11-7-14)26(3,23)24/h4-11H,12H2,1-3H3,(H,19,21). The lowest BCUT2D eigenvalue weighted by atomic mass is 10.2. The van der Waals surface area contributed by atoms with Crippen LogP contribution in [-0.4, -0.2) is 47.3 Å². The Kier molecular flexibility index (Phi) is 5.99. The van der Waals surface area contributed by atoms with Crippen LogP contribution in [0.4, 0.5) is 11.4 Å². The molecule has 0 bridgehead atoms. The van der Waals surface area contributed by atoms with Crippen molar-refractivity contribution in [2.45, 2.75) is 4.90 Å². The number of hydrogen-bond acceptors (Lipinski definition) is 6. The van der Waals surface area contributed by atoms with E-state index in [4.69, 9.17) is 4.74 Å². The number of nitrogens with zero attached hydrogens (tertiary/aromatic N) is 1. The van der Waals surface area contributed by atoms with Gasteiger partial charge in [0.1, 0.15) is 0 Å². The third kappa shape index (κ3) is 5.32. The summed E-state index contributed by atoms with van der Waals surface area (Å²) < 4.78 is 27.8. The molecule has 2 aromatic rings. The van der Waals surface area contributed by atoms with Crippen LogP contribution in [0.1, 0.15) is 10.4 Å². The summed E-state index contributed by atoms with van der Waals surface area (Å²) >= 11 is 0. The van der Waals surface area contributed by atoms with Crippen molar-refractivity contribution in [3.63, 3.8) is 0 Å². The summed E-state index contributed by atoms with van der Waals surface area (Å²) in [5, 5.41) is 2.53. The second kappa shape index (κ2) is 8.01. The molecule has 8 heteroatoms. The predicted molar refractivity (Wildman–Crippen MR) is 99.2 cm³/mol. The van der Waals surface area contributed by atoms with E-state index >= 15 is 0 Å². The lowest BCUT2D eigenvalue weighted by molar-refractivity contribution is -0.119. The van der Waals surface area contributed by atoms with Crippen LogP contribution in [0.3, 0.4) is 0 Å². The molecule has 1 N–H and O–H groups in total. The summed E-state index contributed by atoms with van der Waals surface area (Å²) in [4.78, 5) is 25.9. The quantitative estimate of drug-likeness (QED) is 0.775. The Morgan fingerprint density at radius 1 is 1.00 bits per heavy atom. The number of esters is 1. The Hall–Kier alpha value is -2.87. The first-order valence-corrected chi connectivity index (χ1v) is 9.60. The van der Waals surface area contributed by atoms with Gasteiger partial charge in [-0.25, -0.2) is 13.2 Å². The van der Waals surface area contributed by atoms with Crippen LogP contribution in [0.5, 0.6) is 0 Å². The first-order valence-electron chi connectivity index (χ1n) is 7.71. The molecule has 0 aromatic heterocycles. The van der Waals surface area contributed by atoms with Gasteiger partial charge in [-0.2, -0.15) is 0 Å². The van der Waals surface area contributed by atoms with Crippen molar-refractivity contribution in [1.82, 2.24) is 0 Å². The van der Waals surface area contributed by atoms with Crippen molar-refractivity contribution in [3.05, 3.63) is 54.1 Å². The van der Waals surface area contributed by atoms with Crippen molar-refractivity contribution in [3.8, 4) is 0 Å². The summed E-state index contributed by atoms with van der Waals surface area (Å²) in [7, 11) is 0.484. The Balaban J connectivity index is 1.89. The molecule has 0 atom stereocenters. The summed E-state index contributed by atoms with van der Waals surface area (Å²) in [6.45, 7) is -0.442. The zero-order valence-corrected chi connectivity index (χ0v) is 15.5. The highest BCUT2D eigenvalue weighted by Gasteiger charge is 2.11. The van der Waals surface area contributed by atoms with Crippen LogP contribution in [0, 0.1) is 0 Å². The summed E-state index contributed by atoms with van der Waals surface area (Å²) in [5.41, 5.74) is 1.70. The SMILES string of the molecule is CN(C)c1ccc(C(=O)OCC(=O)Nc2ccc(S(C)(=O)=O)cc2)cc1. The van der Waals surface area contributed by atoms with Crippen LogP contribution in [-0.2, 0) is 19.4 Å². The van der Waals surface area contributed by atoms with Gasteiger partial charge in [-0.05, 0) is 48.5 Å². The number of hydrogen-bond donors (Lipinski definition) is 1. The van der Waals surface area contributed by atoms with Crippen molar-refractivity contribution >= 4 is 33.1 Å². The van der Waals surface area contributed by atoms with Crippen LogP contribution in [0.25, 0.3) is 0 Å². The van der Waals surface area contributed by atoms with Gasteiger partial charge in [0, 0.05) is 31.7 Å². The Morgan fingerprint density at radius 2 is 1.58 bits per heavy atom. The number of rotatable bonds is 6. The smallest absolute Gasteiger partial charge is 0.338 e. The van der Waals surface area contributed by atoms with E-state index < -0.39 is 28.3 Å². The van der Waals surface area contributed by atoms with Crippen LogP contribution in [0.2, 0.25) is 0 Å². The average molecular weight is 376 g/mol. The van der Waals surface area contributed by atoms with Crippen LogP contribution >= 0.6 is 0 Å². The average Bonchev–Trinajstić information content (AvgIpc) is 2.59. The topological polar surface area (TPSA) is 92.8 Å². The lowest BCUT2D eigenvalue weighted by Gasteiger charge is -2.12. The van der Waals surface area contributed by atoms with Gasteiger partial charge in [-0.3, -0.25) is 4.79 Å². The maximum absolute atomic E-state index is 12.0. The Bertz CT molecular complexity index is 888. The molecule has 2 aromatic carbocycles. The molecule has 0 saturated heterocycles. The minimum atomic E-state index is -3.29. The van der Waals surface area contributed by atoms with Gasteiger partial charge in [0.2, 0.25) is 0 Å². The predicted octanol–water partition coefficient (Wildman–Crippen LogP) is 1.95. The van der Waals surface area contributed by atoms with E-state index in [0.29, 0.717) is 11.3 Å². The number of nitrogens with one attached hydrogen (secondary N) is 1. The Morgan fingerprint density at radius 3 is 2.08 bits per heavy atom. The number of ether oxygens (including phenoxy) is 1. The van der Waals surface area contributed by atoms with Crippen molar-refractivity contribution in [1.29, 1.82) is 0 Å². The molecule has 0 unspecified atom stereocenters. The minimum absolute atomic E-state index is 0.156. The summed E-state index contributed by atoms with van der Waals surface area (Å²) in [6, 6.07) is 12.5. The van der Waals surface area contributed by atoms with Gasteiger partial charge in [-0.15, -0.1) is 0 Å². The van der Waals surface area contributed by atoms with E-state index in [-0.39, 0.29) is 4.90 Å². The first kappa shape index (κ1) is 19.5. The molecule has 1 amide bonds. The normalized spacial score (nSPS) is 10.9. The fraction of sp³-hybridized carbons (Fsp3) is 0.222. The molecule has 0 saturated carbocycles. The molecule has 138 valence electrons. The van der Waals surface area contributed by atoms with E-state index in [1.807, 2.05) is 19.0 Å². The molecule has 0 aliphatic rings. The van der Waals surface area contributed by atoms with Gasteiger partial charge < -0.3 is 15.0 Å². The lowest BCUT2D eigenvalue weighted by Crippen LogP contribution is -2.21. The van der Waals surface area contributed by atoms with Crippen molar-refractivity contribution in [2.24, 2.45) is 0 Å². The molecule has 26 heavy (non-hydrogen) atoms. The highest BCUT2D eigenvalue weighted by Crippen LogP contribution is 2.14. The molecule has 0 fully saturated rings. The largest absolute Gasteiger partial charge is 0.452 e. The van der Waals surface area contributed by atoms with Gasteiger partial charge in [0.25, 0.3) is 5.91 Å². The number of benzene rings is 2. The van der Waals surface area contributed by atoms with E-state index in [1.54, 1.807) is 24.3 Å². The fourth-order valence-electron chi connectivity index (χ4n) is 2.09. The molecule has 0 radical (unpaired) electrons. The van der Waals surface area contributed by atoms with Crippen LogP contribution < -0.4 is 10.2 Å². The number of sulfone groups is 1. The monoisotopic (exact) mass is 376 g/mol.